The summed E-state index contributed by atoms with van der Waals surface area (Å²) in [6.45, 7) is 4.58. The highest BCUT2D eigenvalue weighted by Gasteiger charge is 2.21. The van der Waals surface area contributed by atoms with Gasteiger partial charge in [0.15, 0.2) is 0 Å². The van der Waals surface area contributed by atoms with Gasteiger partial charge in [-0.25, -0.2) is 0 Å². The largest absolute Gasteiger partial charge is 0.481 e. The first-order valence-electron chi connectivity index (χ1n) is 15.1. The molecule has 0 aromatic rings. The summed E-state index contributed by atoms with van der Waals surface area (Å²) in [7, 11) is 0. The molecular formula is C31H58O4. The van der Waals surface area contributed by atoms with Crippen LogP contribution in [0.25, 0.3) is 0 Å². The number of carbonyl (C=O) groups is 2. The van der Waals surface area contributed by atoms with Crippen LogP contribution in [0.1, 0.15) is 162 Å². The van der Waals surface area contributed by atoms with Crippen molar-refractivity contribution in [2.45, 2.75) is 162 Å². The van der Waals surface area contributed by atoms with Crippen LogP contribution in [0.15, 0.2) is 12.2 Å². The third kappa shape index (κ3) is 25.6. The van der Waals surface area contributed by atoms with E-state index in [1.54, 1.807) is 0 Å². The zero-order chi connectivity index (χ0) is 25.8. The molecule has 0 spiro atoms. The highest BCUT2D eigenvalue weighted by Crippen LogP contribution is 2.16. The van der Waals surface area contributed by atoms with E-state index in [2.05, 4.69) is 19.1 Å². The lowest BCUT2D eigenvalue weighted by Gasteiger charge is -2.11. The Balaban J connectivity index is 3.40. The second kappa shape index (κ2) is 27.3. The molecule has 0 aliphatic carbocycles. The molecule has 0 saturated heterocycles. The number of ether oxygens (including phenoxy) is 1. The fourth-order valence-corrected chi connectivity index (χ4v) is 4.49. The van der Waals surface area contributed by atoms with Crippen molar-refractivity contribution in [3.05, 3.63) is 12.2 Å². The normalized spacial score (nSPS) is 12.3. The number of rotatable bonds is 27. The summed E-state index contributed by atoms with van der Waals surface area (Å²) in [6, 6.07) is 0. The molecule has 0 rings (SSSR count). The minimum atomic E-state index is -0.897. The van der Waals surface area contributed by atoms with Gasteiger partial charge >= 0.3 is 11.9 Å². The van der Waals surface area contributed by atoms with E-state index in [0.717, 1.165) is 25.7 Å². The lowest BCUT2D eigenvalue weighted by atomic mass is 9.98. The van der Waals surface area contributed by atoms with E-state index in [-0.39, 0.29) is 6.42 Å². The van der Waals surface area contributed by atoms with E-state index in [9.17, 15) is 14.7 Å². The average molecular weight is 495 g/mol. The molecule has 0 heterocycles. The van der Waals surface area contributed by atoms with E-state index in [4.69, 9.17) is 4.74 Å². The molecule has 35 heavy (non-hydrogen) atoms. The Morgan fingerprint density at radius 3 is 1.49 bits per heavy atom. The van der Waals surface area contributed by atoms with Crippen LogP contribution in [-0.4, -0.2) is 23.7 Å². The molecule has 0 aliphatic rings. The van der Waals surface area contributed by atoms with E-state index in [1.807, 2.05) is 6.92 Å². The van der Waals surface area contributed by atoms with Crippen LogP contribution in [-0.2, 0) is 14.3 Å². The molecular weight excluding hydrogens is 436 g/mol. The number of allylic oxidation sites excluding steroid dienone is 2. The lowest BCUT2D eigenvalue weighted by Crippen LogP contribution is -2.19. The maximum absolute atomic E-state index is 11.6. The predicted octanol–water partition coefficient (Wildman–Crippen LogP) is 9.80. The molecule has 206 valence electrons. The van der Waals surface area contributed by atoms with Crippen molar-refractivity contribution >= 4 is 11.9 Å². The molecule has 0 fully saturated rings. The molecule has 1 unspecified atom stereocenters. The first-order chi connectivity index (χ1) is 17.1. The summed E-state index contributed by atoms with van der Waals surface area (Å²) in [4.78, 5) is 23.0. The van der Waals surface area contributed by atoms with Gasteiger partial charge in [0, 0.05) is 0 Å². The number of hydrogen-bond acceptors (Lipinski definition) is 3. The number of carboxylic acid groups (broad SMARTS) is 1. The van der Waals surface area contributed by atoms with Crippen LogP contribution < -0.4 is 0 Å². The molecule has 1 N–H and O–H groups in total. The SMILES string of the molecule is CCCCCCCCCCCCCCCCCCC/C=C/CCCC(CC(=O)OCCC)C(=O)O. The van der Waals surface area contributed by atoms with Gasteiger partial charge in [-0.2, -0.15) is 0 Å². The van der Waals surface area contributed by atoms with E-state index in [1.165, 1.54) is 109 Å². The van der Waals surface area contributed by atoms with Gasteiger partial charge in [0.25, 0.3) is 0 Å². The zero-order valence-electron chi connectivity index (χ0n) is 23.4. The minimum Gasteiger partial charge on any atom is -0.481 e. The molecule has 0 amide bonds. The van der Waals surface area contributed by atoms with Crippen molar-refractivity contribution in [2.24, 2.45) is 5.92 Å². The Hall–Kier alpha value is -1.32. The Morgan fingerprint density at radius 1 is 0.629 bits per heavy atom. The van der Waals surface area contributed by atoms with Crippen molar-refractivity contribution in [2.75, 3.05) is 6.61 Å². The average Bonchev–Trinajstić information content (AvgIpc) is 2.84. The van der Waals surface area contributed by atoms with Gasteiger partial charge in [-0.1, -0.05) is 129 Å². The molecule has 1 atom stereocenters. The van der Waals surface area contributed by atoms with Crippen LogP contribution in [0.3, 0.4) is 0 Å². The van der Waals surface area contributed by atoms with E-state index in [0.29, 0.717) is 13.0 Å². The maximum atomic E-state index is 11.6. The second-order valence-corrected chi connectivity index (χ2v) is 10.3. The van der Waals surface area contributed by atoms with Crippen LogP contribution in [0.2, 0.25) is 0 Å². The third-order valence-corrected chi connectivity index (χ3v) is 6.79. The smallest absolute Gasteiger partial charge is 0.307 e. The third-order valence-electron chi connectivity index (χ3n) is 6.79. The number of unbranched alkanes of at least 4 members (excludes halogenated alkanes) is 18. The molecule has 0 aromatic heterocycles. The van der Waals surface area contributed by atoms with Gasteiger partial charge in [-0.3, -0.25) is 9.59 Å². The summed E-state index contributed by atoms with van der Waals surface area (Å²) in [5.41, 5.74) is 0. The molecule has 0 aromatic carbocycles. The highest BCUT2D eigenvalue weighted by molar-refractivity contribution is 5.78. The monoisotopic (exact) mass is 494 g/mol. The summed E-state index contributed by atoms with van der Waals surface area (Å²) in [6.07, 6.45) is 32.2. The molecule has 4 nitrogen and oxygen atoms in total. The second-order valence-electron chi connectivity index (χ2n) is 10.3. The number of esters is 1. The van der Waals surface area contributed by atoms with Crippen molar-refractivity contribution in [3.63, 3.8) is 0 Å². The predicted molar refractivity (Wildman–Crippen MR) is 149 cm³/mol. The number of carbonyl (C=O) groups excluding carboxylic acids is 1. The molecule has 0 aliphatic heterocycles. The first kappa shape index (κ1) is 33.7. The van der Waals surface area contributed by atoms with E-state index < -0.39 is 17.9 Å². The standard InChI is InChI=1S/C31H58O4/c1-3-5-6-7-8-9-10-11-12-13-14-15-16-17-18-19-20-21-22-23-24-25-26-29(31(33)34)28-30(32)35-27-4-2/h22-23,29H,3-21,24-28H2,1-2H3,(H,33,34)/b23-22+. The van der Waals surface area contributed by atoms with Gasteiger partial charge in [0.05, 0.1) is 18.9 Å². The molecule has 0 radical (unpaired) electrons. The fourth-order valence-electron chi connectivity index (χ4n) is 4.49. The molecule has 0 saturated carbocycles. The topological polar surface area (TPSA) is 63.6 Å². The van der Waals surface area contributed by atoms with Crippen LogP contribution in [0, 0.1) is 5.92 Å². The molecule has 4 heteroatoms. The van der Waals surface area contributed by atoms with Gasteiger partial charge in [0.2, 0.25) is 0 Å². The Morgan fingerprint density at radius 2 is 1.06 bits per heavy atom. The number of hydrogen-bond donors (Lipinski definition) is 1. The highest BCUT2D eigenvalue weighted by atomic mass is 16.5. The maximum Gasteiger partial charge on any atom is 0.307 e. The Kier molecular flexibility index (Phi) is 26.2. The van der Waals surface area contributed by atoms with E-state index >= 15 is 0 Å². The van der Waals surface area contributed by atoms with Gasteiger partial charge in [-0.05, 0) is 38.5 Å². The quantitative estimate of drug-likeness (QED) is 0.0701. The van der Waals surface area contributed by atoms with Crippen LogP contribution in [0.5, 0.6) is 0 Å². The van der Waals surface area contributed by atoms with Crippen molar-refractivity contribution in [3.8, 4) is 0 Å². The van der Waals surface area contributed by atoms with Gasteiger partial charge in [-0.15, -0.1) is 0 Å². The Labute approximate surface area is 217 Å². The minimum absolute atomic E-state index is 0.0156. The lowest BCUT2D eigenvalue weighted by molar-refractivity contribution is -0.151. The zero-order valence-corrected chi connectivity index (χ0v) is 23.4. The van der Waals surface area contributed by atoms with Crippen molar-refractivity contribution < 1.29 is 19.4 Å². The number of aliphatic carboxylic acids is 1. The summed E-state index contributed by atoms with van der Waals surface area (Å²) in [5, 5.41) is 9.29. The van der Waals surface area contributed by atoms with Crippen molar-refractivity contribution in [1.29, 1.82) is 0 Å². The summed E-state index contributed by atoms with van der Waals surface area (Å²) < 4.78 is 5.01. The van der Waals surface area contributed by atoms with Gasteiger partial charge < -0.3 is 9.84 Å². The van der Waals surface area contributed by atoms with Gasteiger partial charge in [0.1, 0.15) is 0 Å². The summed E-state index contributed by atoms with van der Waals surface area (Å²) in [5.74, 6) is -1.92. The first-order valence-corrected chi connectivity index (χ1v) is 15.1. The number of carboxylic acids is 1. The summed E-state index contributed by atoms with van der Waals surface area (Å²) >= 11 is 0. The van der Waals surface area contributed by atoms with Crippen LogP contribution >= 0.6 is 0 Å². The Bertz CT molecular complexity index is 500. The van der Waals surface area contributed by atoms with Crippen LogP contribution in [0.4, 0.5) is 0 Å². The fraction of sp³-hybridized carbons (Fsp3) is 0.871. The van der Waals surface area contributed by atoms with Crippen molar-refractivity contribution in [1.82, 2.24) is 0 Å². The molecule has 0 bridgehead atoms.